The van der Waals surface area contributed by atoms with Crippen LogP contribution in [0.5, 0.6) is 0 Å². The van der Waals surface area contributed by atoms with E-state index in [1.54, 1.807) is 12.2 Å². The third kappa shape index (κ3) is 14.9. The van der Waals surface area contributed by atoms with Crippen molar-refractivity contribution < 1.29 is 49.7 Å². The van der Waals surface area contributed by atoms with Crippen molar-refractivity contribution >= 4 is 5.97 Å². The van der Waals surface area contributed by atoms with E-state index in [-0.39, 0.29) is 36.0 Å². The summed E-state index contributed by atoms with van der Waals surface area (Å²) in [7, 11) is 0. The van der Waals surface area contributed by atoms with E-state index in [9.17, 15) is 15.0 Å². The van der Waals surface area contributed by atoms with E-state index >= 15 is 0 Å². The molecule has 0 heterocycles. The Labute approximate surface area is 135 Å². The molecule has 2 atom stereocenters. The summed E-state index contributed by atoms with van der Waals surface area (Å²) in [6.07, 6.45) is 9.72. The normalized spacial score (nSPS) is 13.1. The van der Waals surface area contributed by atoms with Crippen molar-refractivity contribution in [2.45, 2.75) is 31.5 Å². The van der Waals surface area contributed by atoms with Gasteiger partial charge in [0.2, 0.25) is 0 Å². The summed E-state index contributed by atoms with van der Waals surface area (Å²) in [6, 6.07) is 0. The first-order valence-electron chi connectivity index (χ1n) is 5.42. The number of rotatable bonds is 6. The molecule has 0 aromatic heterocycles. The van der Waals surface area contributed by atoms with Gasteiger partial charge in [0, 0.05) is 5.97 Å². The molecule has 0 radical (unpaired) electrons. The predicted molar refractivity (Wildman–Crippen MR) is 65.8 cm³/mol. The summed E-state index contributed by atoms with van der Waals surface area (Å²) >= 11 is 0. The van der Waals surface area contributed by atoms with Gasteiger partial charge in [-0.1, -0.05) is 29.9 Å². The smallest absolute Gasteiger partial charge is 0.550 e. The maximum Gasteiger partial charge on any atom is 1.00 e. The van der Waals surface area contributed by atoms with Gasteiger partial charge in [0.05, 0.1) is 0 Å². The number of hydrogen-bond acceptors (Lipinski definition) is 4. The van der Waals surface area contributed by atoms with Crippen molar-refractivity contribution in [2.75, 3.05) is 0 Å². The Hall–Kier alpha value is -1.01. The standard InChI is InChI=1S/C14H16O4.Na/c1-2-12(15)8-5-3-4-6-9-13(16)10-7-11-14(17)18;/h1,3-5,8,12-13,15-16H,7,10-11H2,(H,17,18);/q;+1/p-1/b4-3+,8-5+;/t12-,13+;/m0./s1. The van der Waals surface area contributed by atoms with Crippen LogP contribution in [0, 0.1) is 24.2 Å². The number of aliphatic hydroxyl groups excluding tert-OH is 2. The van der Waals surface area contributed by atoms with Gasteiger partial charge in [-0.3, -0.25) is 0 Å². The fourth-order valence-electron chi connectivity index (χ4n) is 0.985. The molecular formula is C14H15NaO4. The Balaban J connectivity index is 0. The SMILES string of the molecule is C#C[C@H](O)/C=C/C=C/C#C[C@@H](O)CCCC(=O)[O-].[Na+]. The van der Waals surface area contributed by atoms with Crippen molar-refractivity contribution in [3.05, 3.63) is 24.3 Å². The zero-order valence-corrected chi connectivity index (χ0v) is 12.9. The topological polar surface area (TPSA) is 80.6 Å². The molecule has 0 amide bonds. The van der Waals surface area contributed by atoms with Crippen LogP contribution in [0.1, 0.15) is 19.3 Å². The minimum absolute atomic E-state index is 0. The first-order chi connectivity index (χ1) is 8.56. The summed E-state index contributed by atoms with van der Waals surface area (Å²) in [5.74, 6) is 6.09. The molecule has 2 N–H and O–H groups in total. The van der Waals surface area contributed by atoms with Crippen LogP contribution in [0.15, 0.2) is 24.3 Å². The third-order valence-corrected chi connectivity index (χ3v) is 1.86. The number of hydrogen-bond donors (Lipinski definition) is 2. The molecule has 4 nitrogen and oxygen atoms in total. The number of terminal acetylenes is 1. The average molecular weight is 270 g/mol. The Morgan fingerprint density at radius 2 is 2.05 bits per heavy atom. The third-order valence-electron chi connectivity index (χ3n) is 1.86. The van der Waals surface area contributed by atoms with Crippen molar-refractivity contribution in [1.29, 1.82) is 0 Å². The second-order valence-corrected chi connectivity index (χ2v) is 3.42. The number of carboxylic acid groups (broad SMARTS) is 1. The number of aliphatic hydroxyl groups is 2. The number of carboxylic acids is 1. The first-order valence-corrected chi connectivity index (χ1v) is 5.42. The Kier molecular flexibility index (Phi) is 14.3. The largest absolute Gasteiger partial charge is 1.00 e. The van der Waals surface area contributed by atoms with Crippen LogP contribution in [0.2, 0.25) is 0 Å². The van der Waals surface area contributed by atoms with Crippen LogP contribution < -0.4 is 34.7 Å². The fraction of sp³-hybridized carbons (Fsp3) is 0.357. The molecule has 0 bridgehead atoms. The van der Waals surface area contributed by atoms with E-state index < -0.39 is 18.2 Å². The van der Waals surface area contributed by atoms with Gasteiger partial charge in [-0.15, -0.1) is 6.42 Å². The van der Waals surface area contributed by atoms with E-state index in [2.05, 4.69) is 17.8 Å². The van der Waals surface area contributed by atoms with Crippen molar-refractivity contribution in [3.8, 4) is 24.2 Å². The van der Waals surface area contributed by atoms with Crippen LogP contribution in [0.4, 0.5) is 0 Å². The van der Waals surface area contributed by atoms with Crippen molar-refractivity contribution in [3.63, 3.8) is 0 Å². The predicted octanol–water partition coefficient (Wildman–Crippen LogP) is -3.62. The minimum atomic E-state index is -1.13. The summed E-state index contributed by atoms with van der Waals surface area (Å²) in [5.41, 5.74) is 0. The molecule has 0 aromatic carbocycles. The molecule has 0 rings (SSSR count). The summed E-state index contributed by atoms with van der Waals surface area (Å²) in [4.78, 5) is 10.1. The van der Waals surface area contributed by atoms with E-state index in [1.165, 1.54) is 12.2 Å². The number of carbonyl (C=O) groups excluding carboxylic acids is 1. The van der Waals surface area contributed by atoms with Gasteiger partial charge < -0.3 is 20.1 Å². The number of carbonyl (C=O) groups is 1. The molecular weight excluding hydrogens is 255 g/mol. The molecule has 0 spiro atoms. The zero-order chi connectivity index (χ0) is 13.8. The molecule has 0 aliphatic carbocycles. The molecule has 96 valence electrons. The molecule has 5 heteroatoms. The Morgan fingerprint density at radius 3 is 2.63 bits per heavy atom. The molecule has 0 saturated heterocycles. The number of aliphatic carboxylic acids is 1. The van der Waals surface area contributed by atoms with Crippen LogP contribution in [0.3, 0.4) is 0 Å². The second-order valence-electron chi connectivity index (χ2n) is 3.42. The molecule has 19 heavy (non-hydrogen) atoms. The van der Waals surface area contributed by atoms with Gasteiger partial charge >= 0.3 is 29.6 Å². The van der Waals surface area contributed by atoms with Crippen LogP contribution in [-0.4, -0.2) is 28.4 Å². The van der Waals surface area contributed by atoms with Crippen molar-refractivity contribution in [1.82, 2.24) is 0 Å². The summed E-state index contributed by atoms with van der Waals surface area (Å²) in [6.45, 7) is 0. The van der Waals surface area contributed by atoms with Gasteiger partial charge in [0.1, 0.15) is 12.2 Å². The first kappa shape index (κ1) is 20.3. The molecule has 0 fully saturated rings. The fourth-order valence-corrected chi connectivity index (χ4v) is 0.985. The van der Waals surface area contributed by atoms with Crippen LogP contribution in [-0.2, 0) is 4.79 Å². The minimum Gasteiger partial charge on any atom is -0.550 e. The van der Waals surface area contributed by atoms with E-state index in [1.807, 2.05) is 0 Å². The van der Waals surface area contributed by atoms with E-state index in [4.69, 9.17) is 11.5 Å². The summed E-state index contributed by atoms with van der Waals surface area (Å²) < 4.78 is 0. The molecule has 0 aliphatic heterocycles. The van der Waals surface area contributed by atoms with Gasteiger partial charge in [-0.05, 0) is 31.4 Å². The zero-order valence-electron chi connectivity index (χ0n) is 10.9. The molecule has 0 saturated carbocycles. The van der Waals surface area contributed by atoms with Gasteiger partial charge in [-0.25, -0.2) is 0 Å². The molecule has 0 unspecified atom stereocenters. The van der Waals surface area contributed by atoms with Gasteiger partial charge in [0.15, 0.2) is 0 Å². The quantitative estimate of drug-likeness (QED) is 0.297. The second kappa shape index (κ2) is 13.4. The number of allylic oxidation sites excluding steroid dienone is 3. The maximum absolute atomic E-state index is 10.1. The molecule has 0 aliphatic rings. The Bertz CT molecular complexity index is 409. The van der Waals surface area contributed by atoms with Gasteiger partial charge in [-0.2, -0.15) is 0 Å². The van der Waals surface area contributed by atoms with Crippen molar-refractivity contribution in [2.24, 2.45) is 0 Å². The summed E-state index contributed by atoms with van der Waals surface area (Å²) in [5, 5.41) is 28.4. The Morgan fingerprint density at radius 1 is 1.37 bits per heavy atom. The van der Waals surface area contributed by atoms with Crippen LogP contribution in [0.25, 0.3) is 0 Å². The molecule has 0 aromatic rings. The average Bonchev–Trinajstić information content (AvgIpc) is 2.32. The monoisotopic (exact) mass is 270 g/mol. The maximum atomic E-state index is 10.1. The van der Waals surface area contributed by atoms with E-state index in [0.717, 1.165) is 0 Å². The van der Waals surface area contributed by atoms with Crippen LogP contribution >= 0.6 is 0 Å². The van der Waals surface area contributed by atoms with Gasteiger partial charge in [0.25, 0.3) is 0 Å². The van der Waals surface area contributed by atoms with E-state index in [0.29, 0.717) is 12.8 Å².